The van der Waals surface area contributed by atoms with Crippen LogP contribution in [0.2, 0.25) is 0 Å². The van der Waals surface area contributed by atoms with Crippen molar-refractivity contribution in [1.82, 2.24) is 4.98 Å². The molecule has 0 saturated heterocycles. The van der Waals surface area contributed by atoms with Crippen LogP contribution in [-0.4, -0.2) is 13.4 Å². The quantitative estimate of drug-likeness (QED) is 0.646. The molecule has 25 heavy (non-hydrogen) atoms. The van der Waals surface area contributed by atoms with Gasteiger partial charge in [0.2, 0.25) is 0 Å². The first-order valence-corrected chi connectivity index (χ1v) is 10.1. The van der Waals surface area contributed by atoms with E-state index in [9.17, 15) is 8.42 Å². The Labute approximate surface area is 154 Å². The number of anilines is 1. The molecule has 2 aromatic carbocycles. The molecular weight excluding hydrogens is 404 g/mol. The van der Waals surface area contributed by atoms with E-state index in [1.807, 2.05) is 6.07 Å². The number of hydrogen-bond acceptors (Lipinski definition) is 4. The van der Waals surface area contributed by atoms with Crippen molar-refractivity contribution in [2.24, 2.45) is 0 Å². The van der Waals surface area contributed by atoms with Crippen LogP contribution in [0.5, 0.6) is 0 Å². The van der Waals surface area contributed by atoms with Gasteiger partial charge in [0.1, 0.15) is 0 Å². The molecule has 1 aliphatic carbocycles. The highest BCUT2D eigenvalue weighted by Crippen LogP contribution is 2.40. The normalized spacial score (nSPS) is 14.4. The zero-order valence-electron chi connectivity index (χ0n) is 13.1. The average Bonchev–Trinajstić information content (AvgIpc) is 3.32. The third kappa shape index (κ3) is 3.62. The standard InChI is InChI=1S/C18H15BrN2O3S/c19-14-2-1-3-15(10-14)21-25(22,23)16-8-6-12(7-9-16)17-11-20-18(24-17)13-4-5-13/h1-3,6-11,13,21H,4-5H2. The van der Waals surface area contributed by atoms with Crippen molar-refractivity contribution < 1.29 is 12.8 Å². The highest BCUT2D eigenvalue weighted by molar-refractivity contribution is 9.10. The van der Waals surface area contributed by atoms with Crippen LogP contribution in [0, 0.1) is 0 Å². The van der Waals surface area contributed by atoms with Crippen molar-refractivity contribution in [2.75, 3.05) is 4.72 Å². The molecule has 1 heterocycles. The van der Waals surface area contributed by atoms with Crippen molar-refractivity contribution in [1.29, 1.82) is 0 Å². The van der Waals surface area contributed by atoms with E-state index in [4.69, 9.17) is 4.42 Å². The minimum Gasteiger partial charge on any atom is -0.440 e. The molecule has 0 bridgehead atoms. The van der Waals surface area contributed by atoms with E-state index in [1.165, 1.54) is 0 Å². The van der Waals surface area contributed by atoms with Gasteiger partial charge in [-0.2, -0.15) is 0 Å². The number of nitrogens with zero attached hydrogens (tertiary/aromatic N) is 1. The highest BCUT2D eigenvalue weighted by Gasteiger charge is 2.28. The van der Waals surface area contributed by atoms with E-state index >= 15 is 0 Å². The van der Waals surface area contributed by atoms with Crippen LogP contribution in [0.15, 0.2) is 68.5 Å². The van der Waals surface area contributed by atoms with Crippen LogP contribution < -0.4 is 4.72 Å². The predicted molar refractivity (Wildman–Crippen MR) is 98.9 cm³/mol. The third-order valence-electron chi connectivity index (χ3n) is 3.98. The van der Waals surface area contributed by atoms with Crippen LogP contribution in [0.3, 0.4) is 0 Å². The molecule has 0 radical (unpaired) electrons. The molecule has 0 aliphatic heterocycles. The summed E-state index contributed by atoms with van der Waals surface area (Å²) in [5.41, 5.74) is 1.31. The number of sulfonamides is 1. The summed E-state index contributed by atoms with van der Waals surface area (Å²) in [4.78, 5) is 4.48. The largest absolute Gasteiger partial charge is 0.440 e. The molecule has 0 amide bonds. The second kappa shape index (κ2) is 6.31. The van der Waals surface area contributed by atoms with Gasteiger partial charge in [-0.05, 0) is 55.3 Å². The first-order valence-electron chi connectivity index (χ1n) is 7.86. The topological polar surface area (TPSA) is 72.2 Å². The maximum atomic E-state index is 12.5. The molecule has 1 saturated carbocycles. The lowest BCUT2D eigenvalue weighted by Gasteiger charge is -2.08. The zero-order valence-corrected chi connectivity index (χ0v) is 15.5. The predicted octanol–water partition coefficient (Wildman–Crippen LogP) is 4.78. The number of benzene rings is 2. The fourth-order valence-electron chi connectivity index (χ4n) is 2.50. The van der Waals surface area contributed by atoms with Crippen molar-refractivity contribution in [3.8, 4) is 11.3 Å². The van der Waals surface area contributed by atoms with Crippen LogP contribution in [-0.2, 0) is 10.0 Å². The summed E-state index contributed by atoms with van der Waals surface area (Å²) < 4.78 is 34.1. The summed E-state index contributed by atoms with van der Waals surface area (Å²) in [5, 5.41) is 0. The van der Waals surface area contributed by atoms with Gasteiger partial charge in [-0.15, -0.1) is 0 Å². The monoisotopic (exact) mass is 418 g/mol. The Hall–Kier alpha value is -2.12. The lowest BCUT2D eigenvalue weighted by Crippen LogP contribution is -2.12. The Morgan fingerprint density at radius 1 is 1.12 bits per heavy atom. The summed E-state index contributed by atoms with van der Waals surface area (Å²) in [5.74, 6) is 1.87. The second-order valence-electron chi connectivity index (χ2n) is 5.98. The van der Waals surface area contributed by atoms with Crippen LogP contribution >= 0.6 is 15.9 Å². The van der Waals surface area contributed by atoms with Gasteiger partial charge in [0.25, 0.3) is 10.0 Å². The lowest BCUT2D eigenvalue weighted by atomic mass is 10.2. The molecule has 1 N–H and O–H groups in total. The third-order valence-corrected chi connectivity index (χ3v) is 5.87. The van der Waals surface area contributed by atoms with Crippen molar-refractivity contribution in [3.05, 3.63) is 65.1 Å². The summed E-state index contributed by atoms with van der Waals surface area (Å²) in [6.45, 7) is 0. The van der Waals surface area contributed by atoms with Gasteiger partial charge >= 0.3 is 0 Å². The summed E-state index contributed by atoms with van der Waals surface area (Å²) in [7, 11) is -3.64. The Morgan fingerprint density at radius 3 is 2.56 bits per heavy atom. The summed E-state index contributed by atoms with van der Waals surface area (Å²) >= 11 is 3.33. The molecule has 1 aliphatic rings. The number of oxazole rings is 1. The molecule has 0 unspecified atom stereocenters. The second-order valence-corrected chi connectivity index (χ2v) is 8.58. The van der Waals surface area contributed by atoms with Crippen LogP contribution in [0.4, 0.5) is 5.69 Å². The van der Waals surface area contributed by atoms with Gasteiger partial charge in [0.15, 0.2) is 11.7 Å². The average molecular weight is 419 g/mol. The van der Waals surface area contributed by atoms with E-state index in [2.05, 4.69) is 25.6 Å². The van der Waals surface area contributed by atoms with E-state index in [0.717, 1.165) is 28.8 Å². The molecule has 5 nitrogen and oxygen atoms in total. The van der Waals surface area contributed by atoms with E-state index < -0.39 is 10.0 Å². The first kappa shape index (κ1) is 16.4. The lowest BCUT2D eigenvalue weighted by molar-refractivity contribution is 0.509. The number of hydrogen-bond donors (Lipinski definition) is 1. The number of nitrogens with one attached hydrogen (secondary N) is 1. The zero-order chi connectivity index (χ0) is 17.4. The maximum absolute atomic E-state index is 12.5. The van der Waals surface area contributed by atoms with E-state index in [-0.39, 0.29) is 4.90 Å². The van der Waals surface area contributed by atoms with Gasteiger partial charge in [-0.1, -0.05) is 22.0 Å². The number of halogens is 1. The minimum absolute atomic E-state index is 0.193. The summed E-state index contributed by atoms with van der Waals surface area (Å²) in [6.07, 6.45) is 3.94. The van der Waals surface area contributed by atoms with Gasteiger partial charge in [-0.3, -0.25) is 4.72 Å². The SMILES string of the molecule is O=S(=O)(Nc1cccc(Br)c1)c1ccc(-c2cnc(C3CC3)o2)cc1. The molecule has 0 atom stereocenters. The molecule has 1 fully saturated rings. The minimum atomic E-state index is -3.64. The van der Waals surface area contributed by atoms with Crippen molar-refractivity contribution in [2.45, 2.75) is 23.7 Å². The maximum Gasteiger partial charge on any atom is 0.261 e. The highest BCUT2D eigenvalue weighted by atomic mass is 79.9. The molecule has 3 aromatic rings. The molecule has 7 heteroatoms. The molecule has 1 aromatic heterocycles. The summed E-state index contributed by atoms with van der Waals surface area (Å²) in [6, 6.07) is 13.6. The van der Waals surface area contributed by atoms with Crippen LogP contribution in [0.25, 0.3) is 11.3 Å². The fraction of sp³-hybridized carbons (Fsp3) is 0.167. The van der Waals surface area contributed by atoms with E-state index in [0.29, 0.717) is 17.4 Å². The van der Waals surface area contributed by atoms with Gasteiger partial charge < -0.3 is 4.42 Å². The van der Waals surface area contributed by atoms with Crippen molar-refractivity contribution >= 4 is 31.6 Å². The molecule has 128 valence electrons. The van der Waals surface area contributed by atoms with Crippen LogP contribution in [0.1, 0.15) is 24.7 Å². The smallest absolute Gasteiger partial charge is 0.261 e. The Bertz CT molecular complexity index is 1010. The van der Waals surface area contributed by atoms with E-state index in [1.54, 1.807) is 48.7 Å². The molecule has 0 spiro atoms. The number of rotatable bonds is 5. The fourth-order valence-corrected chi connectivity index (χ4v) is 3.95. The van der Waals surface area contributed by atoms with Gasteiger partial charge in [0, 0.05) is 21.6 Å². The first-order chi connectivity index (χ1) is 12.0. The van der Waals surface area contributed by atoms with Gasteiger partial charge in [0.05, 0.1) is 11.1 Å². The Kier molecular flexibility index (Phi) is 4.13. The molecular formula is C18H15BrN2O3S. The Balaban J connectivity index is 1.55. The Morgan fingerprint density at radius 2 is 1.88 bits per heavy atom. The van der Waals surface area contributed by atoms with Gasteiger partial charge in [-0.25, -0.2) is 13.4 Å². The number of aromatic nitrogens is 1. The van der Waals surface area contributed by atoms with Crippen molar-refractivity contribution in [3.63, 3.8) is 0 Å². The molecule has 4 rings (SSSR count).